The summed E-state index contributed by atoms with van der Waals surface area (Å²) in [6.07, 6.45) is 1.01. The molecule has 2 aromatic rings. The van der Waals surface area contributed by atoms with Gasteiger partial charge in [-0.2, -0.15) is 0 Å². The first-order valence-corrected chi connectivity index (χ1v) is 5.02. The van der Waals surface area contributed by atoms with E-state index in [0.29, 0.717) is 0 Å². The molecule has 19 heavy (non-hydrogen) atoms. The minimum Gasteiger partial charge on any atom is -0.477 e. The number of hydrogen-bond acceptors (Lipinski definition) is 3. The number of rotatable bonds is 3. The number of aromatic carboxylic acids is 1. The van der Waals surface area contributed by atoms with E-state index >= 15 is 0 Å². The molecule has 8 heteroatoms. The molecule has 0 spiro atoms. The van der Waals surface area contributed by atoms with Gasteiger partial charge in [0, 0.05) is 0 Å². The van der Waals surface area contributed by atoms with E-state index in [0.717, 1.165) is 18.5 Å². The molecule has 0 saturated carbocycles. The molecule has 6 nitrogen and oxygen atoms in total. The predicted octanol–water partition coefficient (Wildman–Crippen LogP) is 1.64. The monoisotopic (exact) mass is 267 g/mol. The third kappa shape index (κ3) is 2.41. The van der Waals surface area contributed by atoms with Crippen LogP contribution in [0.4, 0.5) is 14.5 Å². The van der Waals surface area contributed by atoms with E-state index in [-0.39, 0.29) is 0 Å². The number of imidazole rings is 1. The van der Waals surface area contributed by atoms with E-state index in [4.69, 9.17) is 5.11 Å². The van der Waals surface area contributed by atoms with Crippen molar-refractivity contribution in [1.82, 2.24) is 9.97 Å². The van der Waals surface area contributed by atoms with Crippen LogP contribution in [0, 0.1) is 11.6 Å². The van der Waals surface area contributed by atoms with Gasteiger partial charge in [0.1, 0.15) is 0 Å². The molecule has 3 N–H and O–H groups in total. The van der Waals surface area contributed by atoms with Gasteiger partial charge in [-0.15, -0.1) is 0 Å². The van der Waals surface area contributed by atoms with Crippen LogP contribution in [0.5, 0.6) is 0 Å². The molecule has 1 amide bonds. The van der Waals surface area contributed by atoms with Crippen LogP contribution in [0.3, 0.4) is 0 Å². The van der Waals surface area contributed by atoms with Crippen molar-refractivity contribution in [2.24, 2.45) is 0 Å². The van der Waals surface area contributed by atoms with Gasteiger partial charge in [-0.3, -0.25) is 4.79 Å². The Morgan fingerprint density at radius 2 is 2.05 bits per heavy atom. The molecule has 98 valence electrons. The molecule has 0 fully saturated rings. The quantitative estimate of drug-likeness (QED) is 0.787. The van der Waals surface area contributed by atoms with Crippen LogP contribution in [-0.2, 0) is 0 Å². The molecular weight excluding hydrogens is 260 g/mol. The zero-order chi connectivity index (χ0) is 14.0. The maximum absolute atomic E-state index is 13.3. The lowest BCUT2D eigenvalue weighted by atomic mass is 10.2. The fourth-order valence-electron chi connectivity index (χ4n) is 1.41. The van der Waals surface area contributed by atoms with E-state index in [1.165, 1.54) is 6.07 Å². The number of aromatic amines is 1. The van der Waals surface area contributed by atoms with Crippen molar-refractivity contribution in [3.8, 4) is 0 Å². The van der Waals surface area contributed by atoms with Crippen molar-refractivity contribution in [3.63, 3.8) is 0 Å². The molecule has 0 atom stereocenters. The normalized spacial score (nSPS) is 10.2. The van der Waals surface area contributed by atoms with Crippen LogP contribution in [-0.4, -0.2) is 27.0 Å². The van der Waals surface area contributed by atoms with Crippen LogP contribution in [0.15, 0.2) is 24.5 Å². The fourth-order valence-corrected chi connectivity index (χ4v) is 1.41. The number of anilines is 1. The summed E-state index contributed by atoms with van der Waals surface area (Å²) in [5.74, 6) is -4.70. The number of halogens is 2. The lowest BCUT2D eigenvalue weighted by molar-refractivity contribution is 0.0686. The van der Waals surface area contributed by atoms with Crippen LogP contribution in [0.1, 0.15) is 21.0 Å². The molecule has 1 aromatic heterocycles. The van der Waals surface area contributed by atoms with Crippen molar-refractivity contribution in [2.45, 2.75) is 0 Å². The first-order chi connectivity index (χ1) is 9.00. The highest BCUT2D eigenvalue weighted by atomic mass is 19.2. The minimum absolute atomic E-state index is 0.399. The van der Waals surface area contributed by atoms with Gasteiger partial charge in [-0.1, -0.05) is 6.07 Å². The maximum Gasteiger partial charge on any atom is 0.354 e. The molecule has 1 heterocycles. The second-order valence-corrected chi connectivity index (χ2v) is 3.49. The summed E-state index contributed by atoms with van der Waals surface area (Å²) < 4.78 is 26.3. The van der Waals surface area contributed by atoms with Crippen LogP contribution in [0.2, 0.25) is 0 Å². The lowest BCUT2D eigenvalue weighted by Crippen LogP contribution is -2.17. The Morgan fingerprint density at radius 3 is 2.74 bits per heavy atom. The summed E-state index contributed by atoms with van der Waals surface area (Å²) in [5, 5.41) is 10.8. The average Bonchev–Trinajstić information content (AvgIpc) is 2.84. The number of nitrogens with one attached hydrogen (secondary N) is 2. The number of benzene rings is 1. The highest BCUT2D eigenvalue weighted by Crippen LogP contribution is 2.17. The summed E-state index contributed by atoms with van der Waals surface area (Å²) in [6, 6.07) is 3.24. The Bertz CT molecular complexity index is 654. The molecule has 0 aliphatic carbocycles. The van der Waals surface area contributed by atoms with Gasteiger partial charge in [-0.05, 0) is 12.1 Å². The summed E-state index contributed by atoms with van der Waals surface area (Å²) in [7, 11) is 0. The van der Waals surface area contributed by atoms with E-state index in [9.17, 15) is 18.4 Å². The summed E-state index contributed by atoms with van der Waals surface area (Å²) in [5.41, 5.74) is -1.25. The fraction of sp³-hybridized carbons (Fsp3) is 0. The van der Waals surface area contributed by atoms with Gasteiger partial charge in [0.25, 0.3) is 5.91 Å². The number of carbonyl (C=O) groups is 2. The predicted molar refractivity (Wildman–Crippen MR) is 59.9 cm³/mol. The number of aromatic nitrogens is 2. The van der Waals surface area contributed by atoms with Gasteiger partial charge in [-0.25, -0.2) is 18.6 Å². The Labute approximate surface area is 105 Å². The van der Waals surface area contributed by atoms with Crippen LogP contribution in [0.25, 0.3) is 0 Å². The molecule has 2 rings (SSSR count). The highest BCUT2D eigenvalue weighted by Gasteiger charge is 2.21. The Kier molecular flexibility index (Phi) is 3.23. The minimum atomic E-state index is -1.39. The number of hydrogen-bond donors (Lipinski definition) is 3. The average molecular weight is 267 g/mol. The van der Waals surface area contributed by atoms with Crippen molar-refractivity contribution >= 4 is 17.6 Å². The smallest absolute Gasteiger partial charge is 0.354 e. The molecular formula is C11H7F2N3O3. The number of nitrogens with zero attached hydrogens (tertiary/aromatic N) is 1. The second-order valence-electron chi connectivity index (χ2n) is 3.49. The van der Waals surface area contributed by atoms with Gasteiger partial charge in [0.05, 0.1) is 12.0 Å². The van der Waals surface area contributed by atoms with Gasteiger partial charge < -0.3 is 15.4 Å². The number of H-pyrrole nitrogens is 1. The SMILES string of the molecule is O=C(Nc1cccc(F)c1F)c1nc[nH]c1C(=O)O. The Morgan fingerprint density at radius 1 is 1.32 bits per heavy atom. The Hall–Kier alpha value is -2.77. The largest absolute Gasteiger partial charge is 0.477 e. The second kappa shape index (κ2) is 4.84. The zero-order valence-corrected chi connectivity index (χ0v) is 9.28. The summed E-state index contributed by atoms with van der Waals surface area (Å²) in [6.45, 7) is 0. The van der Waals surface area contributed by atoms with Gasteiger partial charge in [0.2, 0.25) is 0 Å². The molecule has 1 aromatic carbocycles. The first-order valence-electron chi connectivity index (χ1n) is 5.02. The van der Waals surface area contributed by atoms with Gasteiger partial charge in [0.15, 0.2) is 23.0 Å². The van der Waals surface area contributed by atoms with Crippen molar-refractivity contribution < 1.29 is 23.5 Å². The lowest BCUT2D eigenvalue weighted by Gasteiger charge is -2.05. The molecule has 0 aliphatic rings. The third-order valence-electron chi connectivity index (χ3n) is 2.27. The molecule has 0 aliphatic heterocycles. The zero-order valence-electron chi connectivity index (χ0n) is 9.28. The van der Waals surface area contributed by atoms with E-state index in [2.05, 4.69) is 9.97 Å². The number of amides is 1. The molecule has 0 radical (unpaired) electrons. The van der Waals surface area contributed by atoms with Gasteiger partial charge >= 0.3 is 5.97 Å². The van der Waals surface area contributed by atoms with Crippen LogP contribution < -0.4 is 5.32 Å². The first kappa shape index (κ1) is 12.7. The third-order valence-corrected chi connectivity index (χ3v) is 2.27. The number of carboxylic acids is 1. The molecule has 0 bridgehead atoms. The van der Waals surface area contributed by atoms with E-state index in [1.54, 1.807) is 0 Å². The van der Waals surface area contributed by atoms with Crippen molar-refractivity contribution in [1.29, 1.82) is 0 Å². The maximum atomic E-state index is 13.3. The van der Waals surface area contributed by atoms with Crippen LogP contribution >= 0.6 is 0 Å². The standard InChI is InChI=1S/C11H7F2N3O3/c12-5-2-1-3-6(7(5)13)16-10(17)8-9(11(18)19)15-4-14-8/h1-4H,(H,14,15)(H,16,17)(H,18,19). The number of carbonyl (C=O) groups excluding carboxylic acids is 1. The number of carboxylic acid groups (broad SMARTS) is 1. The molecule has 0 saturated heterocycles. The van der Waals surface area contributed by atoms with Crippen molar-refractivity contribution in [2.75, 3.05) is 5.32 Å². The highest BCUT2D eigenvalue weighted by molar-refractivity contribution is 6.08. The summed E-state index contributed by atoms with van der Waals surface area (Å²) in [4.78, 5) is 28.3. The van der Waals surface area contributed by atoms with E-state index < -0.39 is 40.6 Å². The topological polar surface area (TPSA) is 95.1 Å². The van der Waals surface area contributed by atoms with Crippen molar-refractivity contribution in [3.05, 3.63) is 47.5 Å². The summed E-state index contributed by atoms with van der Waals surface area (Å²) >= 11 is 0. The molecule has 0 unspecified atom stereocenters. The van der Waals surface area contributed by atoms with E-state index in [1.807, 2.05) is 5.32 Å². The Balaban J connectivity index is 2.29.